The van der Waals surface area contributed by atoms with Crippen LogP contribution in [-0.2, 0) is 6.42 Å². The number of rotatable bonds is 1. The van der Waals surface area contributed by atoms with Crippen molar-refractivity contribution in [3.63, 3.8) is 0 Å². The van der Waals surface area contributed by atoms with Crippen molar-refractivity contribution in [3.8, 4) is 0 Å². The Balaban J connectivity index is 2.81. The summed E-state index contributed by atoms with van der Waals surface area (Å²) in [6.45, 7) is 6.62. The van der Waals surface area contributed by atoms with E-state index < -0.39 is 0 Å². The van der Waals surface area contributed by atoms with Gasteiger partial charge in [-0.15, -0.1) is 11.3 Å². The van der Waals surface area contributed by atoms with Gasteiger partial charge in [0.2, 0.25) is 0 Å². The molecule has 1 aromatic carbocycles. The maximum atomic E-state index is 2.29. The number of aryl methyl sites for hydroxylation is 3. The molecule has 2 rings (SSSR count). The van der Waals surface area contributed by atoms with E-state index >= 15 is 0 Å². The minimum Gasteiger partial charge on any atom is -0.143 e. The third-order valence-electron chi connectivity index (χ3n) is 2.72. The molecule has 0 atom stereocenters. The molecular formula is C12H14S. The van der Waals surface area contributed by atoms with Crippen LogP contribution in [0.2, 0.25) is 0 Å². The highest BCUT2D eigenvalue weighted by Crippen LogP contribution is 2.30. The van der Waals surface area contributed by atoms with Gasteiger partial charge in [-0.05, 0) is 47.7 Å². The van der Waals surface area contributed by atoms with Crippen LogP contribution in [0.15, 0.2) is 17.5 Å². The average molecular weight is 190 g/mol. The summed E-state index contributed by atoms with van der Waals surface area (Å²) in [6, 6.07) is 4.48. The molecule has 0 saturated carbocycles. The fraction of sp³-hybridized carbons (Fsp3) is 0.333. The third kappa shape index (κ3) is 1.28. The summed E-state index contributed by atoms with van der Waals surface area (Å²) in [5.74, 6) is 0. The maximum Gasteiger partial charge on any atom is 0.0377 e. The molecule has 0 aliphatic carbocycles. The van der Waals surface area contributed by atoms with Crippen LogP contribution in [0, 0.1) is 13.8 Å². The van der Waals surface area contributed by atoms with Gasteiger partial charge in [-0.25, -0.2) is 0 Å². The van der Waals surface area contributed by atoms with Gasteiger partial charge in [-0.2, -0.15) is 0 Å². The topological polar surface area (TPSA) is 0 Å². The van der Waals surface area contributed by atoms with E-state index in [4.69, 9.17) is 0 Å². The first kappa shape index (κ1) is 8.76. The number of hydrogen-bond acceptors (Lipinski definition) is 1. The maximum absolute atomic E-state index is 2.29. The first-order valence-corrected chi connectivity index (χ1v) is 5.58. The summed E-state index contributed by atoms with van der Waals surface area (Å²) in [5, 5.41) is 3.74. The van der Waals surface area contributed by atoms with E-state index in [0.29, 0.717) is 0 Å². The van der Waals surface area contributed by atoms with Crippen LogP contribution in [0.1, 0.15) is 23.6 Å². The second kappa shape index (κ2) is 3.15. The third-order valence-corrected chi connectivity index (χ3v) is 3.89. The van der Waals surface area contributed by atoms with Crippen LogP contribution in [0.3, 0.4) is 0 Å². The SMILES string of the molecule is CCc1csc2c(C)c(C)ccc12. The molecule has 0 aliphatic heterocycles. The fourth-order valence-corrected chi connectivity index (χ4v) is 2.88. The number of thiophene rings is 1. The van der Waals surface area contributed by atoms with Gasteiger partial charge in [0, 0.05) is 4.70 Å². The van der Waals surface area contributed by atoms with Gasteiger partial charge < -0.3 is 0 Å². The molecule has 68 valence electrons. The zero-order chi connectivity index (χ0) is 9.42. The van der Waals surface area contributed by atoms with E-state index in [0.717, 1.165) is 6.42 Å². The van der Waals surface area contributed by atoms with E-state index in [1.165, 1.54) is 26.8 Å². The lowest BCUT2D eigenvalue weighted by molar-refractivity contribution is 1.17. The highest BCUT2D eigenvalue weighted by atomic mass is 32.1. The summed E-state index contributed by atoms with van der Waals surface area (Å²) >= 11 is 1.88. The fourth-order valence-electron chi connectivity index (χ4n) is 1.66. The van der Waals surface area contributed by atoms with Crippen LogP contribution in [0.4, 0.5) is 0 Å². The van der Waals surface area contributed by atoms with Crippen LogP contribution in [-0.4, -0.2) is 0 Å². The summed E-state index contributed by atoms with van der Waals surface area (Å²) < 4.78 is 1.47. The Morgan fingerprint density at radius 3 is 2.69 bits per heavy atom. The smallest absolute Gasteiger partial charge is 0.0377 e. The van der Waals surface area contributed by atoms with Crippen molar-refractivity contribution in [3.05, 3.63) is 34.2 Å². The second-order valence-electron chi connectivity index (χ2n) is 3.50. The first-order valence-electron chi connectivity index (χ1n) is 4.70. The zero-order valence-electron chi connectivity index (χ0n) is 8.35. The van der Waals surface area contributed by atoms with Crippen LogP contribution in [0.25, 0.3) is 10.1 Å². The summed E-state index contributed by atoms with van der Waals surface area (Å²) in [5.41, 5.74) is 4.34. The van der Waals surface area contributed by atoms with Gasteiger partial charge in [-0.3, -0.25) is 0 Å². The van der Waals surface area contributed by atoms with E-state index in [-0.39, 0.29) is 0 Å². The molecule has 0 aliphatic rings. The van der Waals surface area contributed by atoms with Crippen molar-refractivity contribution >= 4 is 21.4 Å². The van der Waals surface area contributed by atoms with Crippen LogP contribution in [0.5, 0.6) is 0 Å². The van der Waals surface area contributed by atoms with E-state index in [1.54, 1.807) is 0 Å². The van der Waals surface area contributed by atoms with E-state index in [9.17, 15) is 0 Å². The molecule has 13 heavy (non-hydrogen) atoms. The highest BCUT2D eigenvalue weighted by Gasteiger charge is 2.05. The molecule has 2 aromatic rings. The quantitative estimate of drug-likeness (QED) is 0.635. The molecule has 0 spiro atoms. The Morgan fingerprint density at radius 2 is 2.00 bits per heavy atom. The van der Waals surface area contributed by atoms with Crippen molar-refractivity contribution in [2.75, 3.05) is 0 Å². The minimum absolute atomic E-state index is 1.14. The highest BCUT2D eigenvalue weighted by molar-refractivity contribution is 7.17. The normalized spacial score (nSPS) is 11.0. The van der Waals surface area contributed by atoms with Gasteiger partial charge in [0.25, 0.3) is 0 Å². The summed E-state index contributed by atoms with van der Waals surface area (Å²) in [7, 11) is 0. The Bertz CT molecular complexity index is 438. The monoisotopic (exact) mass is 190 g/mol. The van der Waals surface area contributed by atoms with Gasteiger partial charge in [-0.1, -0.05) is 19.1 Å². The van der Waals surface area contributed by atoms with Crippen molar-refractivity contribution in [2.24, 2.45) is 0 Å². The Kier molecular flexibility index (Phi) is 2.12. The molecule has 0 fully saturated rings. The molecule has 1 aromatic heterocycles. The molecule has 0 N–H and O–H groups in total. The number of benzene rings is 1. The Hall–Kier alpha value is -0.820. The molecular weight excluding hydrogens is 176 g/mol. The lowest BCUT2D eigenvalue weighted by atomic mass is 10.0. The van der Waals surface area contributed by atoms with Crippen LogP contribution >= 0.6 is 11.3 Å². The molecule has 0 bridgehead atoms. The first-order chi connectivity index (χ1) is 6.24. The second-order valence-corrected chi connectivity index (χ2v) is 4.38. The average Bonchev–Trinajstić information content (AvgIpc) is 2.55. The predicted octanol–water partition coefficient (Wildman–Crippen LogP) is 4.08. The number of hydrogen-bond donors (Lipinski definition) is 0. The number of fused-ring (bicyclic) bond motifs is 1. The van der Waals surface area contributed by atoms with Gasteiger partial charge in [0.15, 0.2) is 0 Å². The lowest BCUT2D eigenvalue weighted by Gasteiger charge is -2.01. The van der Waals surface area contributed by atoms with E-state index in [1.807, 2.05) is 11.3 Å². The standard InChI is InChI=1S/C12H14S/c1-4-10-7-13-12-9(3)8(2)5-6-11(10)12/h5-7H,4H2,1-3H3. The summed E-state index contributed by atoms with van der Waals surface area (Å²) in [6.07, 6.45) is 1.14. The zero-order valence-corrected chi connectivity index (χ0v) is 9.16. The van der Waals surface area contributed by atoms with Gasteiger partial charge in [0.1, 0.15) is 0 Å². The van der Waals surface area contributed by atoms with E-state index in [2.05, 4.69) is 38.3 Å². The minimum atomic E-state index is 1.14. The summed E-state index contributed by atoms with van der Waals surface area (Å²) in [4.78, 5) is 0. The molecule has 0 saturated heterocycles. The van der Waals surface area contributed by atoms with Crippen LogP contribution < -0.4 is 0 Å². The van der Waals surface area contributed by atoms with Gasteiger partial charge >= 0.3 is 0 Å². The Morgan fingerprint density at radius 1 is 1.23 bits per heavy atom. The van der Waals surface area contributed by atoms with Gasteiger partial charge in [0.05, 0.1) is 0 Å². The molecule has 0 radical (unpaired) electrons. The molecule has 0 amide bonds. The molecule has 0 unspecified atom stereocenters. The molecule has 1 heteroatoms. The molecule has 0 nitrogen and oxygen atoms in total. The van der Waals surface area contributed by atoms with Crippen molar-refractivity contribution in [1.29, 1.82) is 0 Å². The predicted molar refractivity (Wildman–Crippen MR) is 60.7 cm³/mol. The largest absolute Gasteiger partial charge is 0.143 e. The van der Waals surface area contributed by atoms with Crippen molar-refractivity contribution in [1.82, 2.24) is 0 Å². The van der Waals surface area contributed by atoms with Crippen molar-refractivity contribution < 1.29 is 0 Å². The van der Waals surface area contributed by atoms with Crippen molar-refractivity contribution in [2.45, 2.75) is 27.2 Å². The Labute approximate surface area is 83.2 Å². The lowest BCUT2D eigenvalue weighted by Crippen LogP contribution is -1.81. The molecule has 1 heterocycles.